The third-order valence-electron chi connectivity index (χ3n) is 18.5. The highest BCUT2D eigenvalue weighted by molar-refractivity contribution is 6.06. The average molecular weight is 1080 g/mol. The van der Waals surface area contributed by atoms with Gasteiger partial charge in [-0.05, 0) is 46.5 Å². The average Bonchev–Trinajstić information content (AvgIpc) is 3.41. The van der Waals surface area contributed by atoms with Crippen LogP contribution in [0.3, 0.4) is 0 Å². The summed E-state index contributed by atoms with van der Waals surface area (Å²) in [6.45, 7) is 15.3. The van der Waals surface area contributed by atoms with Crippen molar-refractivity contribution in [2.75, 3.05) is 7.05 Å². The number of unbranched alkanes of at least 4 members (excludes halogenated alkanes) is 48. The predicted molar refractivity (Wildman–Crippen MR) is 339 cm³/mol. The Morgan fingerprint density at radius 2 is 0.494 bits per heavy atom. The SMILES string of the molecule is CCCCCCCCCCCCCCCC(=O)CC(C)(C(=O)CCCCCCCCCCCCCCC)[N+](C)(C(C)C)C(C(=O)CCCCCCCCCCCCCCC)C(=O)CCCCCCCCCCCCCCC. The molecule has 5 nitrogen and oxygen atoms in total. The number of likely N-dealkylation sites (N-methyl/N-ethyl adjacent to an activating group) is 1. The van der Waals surface area contributed by atoms with Gasteiger partial charge in [-0.1, -0.05) is 336 Å². The maximum Gasteiger partial charge on any atom is 0.208 e. The summed E-state index contributed by atoms with van der Waals surface area (Å²) in [4.78, 5) is 59.5. The molecule has 0 N–H and O–H groups in total. The van der Waals surface area contributed by atoms with Gasteiger partial charge in [-0.3, -0.25) is 23.7 Å². The molecular weight excluding hydrogens is 943 g/mol. The van der Waals surface area contributed by atoms with Gasteiger partial charge in [0, 0.05) is 25.7 Å². The van der Waals surface area contributed by atoms with Gasteiger partial charge in [0.15, 0.2) is 22.9 Å². The number of carbonyl (C=O) groups is 4. The molecule has 0 amide bonds. The molecule has 0 saturated carbocycles. The maximum absolute atomic E-state index is 15.2. The second-order valence-corrected chi connectivity index (χ2v) is 26.0. The Bertz CT molecular complexity index is 1280. The van der Waals surface area contributed by atoms with Gasteiger partial charge in [0.05, 0.1) is 19.5 Å². The van der Waals surface area contributed by atoms with Crippen molar-refractivity contribution in [1.29, 1.82) is 0 Å². The number of nitrogens with zero attached hydrogens (tertiary/aromatic N) is 1. The van der Waals surface area contributed by atoms with Crippen LogP contribution in [0.1, 0.15) is 414 Å². The summed E-state index contributed by atoms with van der Waals surface area (Å²) >= 11 is 0. The number of rotatable bonds is 64. The summed E-state index contributed by atoms with van der Waals surface area (Å²) < 4.78 is 0.0309. The van der Waals surface area contributed by atoms with Gasteiger partial charge in [0.25, 0.3) is 0 Å². The fourth-order valence-electron chi connectivity index (χ4n) is 12.8. The van der Waals surface area contributed by atoms with E-state index >= 15 is 4.79 Å². The molecule has 0 radical (unpaired) electrons. The summed E-state index contributed by atoms with van der Waals surface area (Å²) in [5, 5.41) is 0. The lowest BCUT2D eigenvalue weighted by atomic mass is 9.78. The summed E-state index contributed by atoms with van der Waals surface area (Å²) in [5.74, 6) is 0.231. The Kier molecular flexibility index (Phi) is 54.2. The van der Waals surface area contributed by atoms with E-state index in [1.54, 1.807) is 0 Å². The summed E-state index contributed by atoms with van der Waals surface area (Å²) in [6, 6.07) is -1.11. The molecule has 5 heteroatoms. The highest BCUT2D eigenvalue weighted by Crippen LogP contribution is 2.39. The van der Waals surface area contributed by atoms with E-state index < -0.39 is 11.6 Å². The van der Waals surface area contributed by atoms with Crippen molar-refractivity contribution in [3.63, 3.8) is 0 Å². The standard InChI is InChI=1S/C72H140NO4/c1-9-13-17-21-25-29-33-37-41-45-49-53-57-61-67(74)65-72(7,70(77)64-60-56-52-48-44-40-36-32-28-24-20-16-12-4)73(8,66(5)6)71(68(75)62-58-54-50-46-42-38-34-30-26-22-18-14-10-2)69(76)63-59-55-51-47-43-39-35-31-27-23-19-15-11-3/h66,71H,9-65H2,1-8H3/q+1. The third kappa shape index (κ3) is 40.5. The minimum absolute atomic E-state index is 0.00731. The monoisotopic (exact) mass is 1080 g/mol. The maximum atomic E-state index is 15.2. The molecule has 0 heterocycles. The molecule has 2 unspecified atom stereocenters. The van der Waals surface area contributed by atoms with Crippen LogP contribution in [-0.2, 0) is 19.2 Å². The summed E-state index contributed by atoms with van der Waals surface area (Å²) in [6.07, 6.45) is 66.7. The van der Waals surface area contributed by atoms with Crippen LogP contribution in [-0.4, -0.2) is 52.3 Å². The zero-order valence-electron chi connectivity index (χ0n) is 54.0. The molecule has 0 bridgehead atoms. The van der Waals surface area contributed by atoms with Gasteiger partial charge in [-0.25, -0.2) is 0 Å². The van der Waals surface area contributed by atoms with Crippen molar-refractivity contribution in [2.24, 2.45) is 0 Å². The van der Waals surface area contributed by atoms with Crippen molar-refractivity contribution in [3.05, 3.63) is 0 Å². The van der Waals surface area contributed by atoms with E-state index in [0.717, 1.165) is 77.0 Å². The van der Waals surface area contributed by atoms with Crippen molar-refractivity contribution in [1.82, 2.24) is 0 Å². The normalized spacial score (nSPS) is 13.4. The number of carbonyl (C=O) groups excluding carboxylic acids is 4. The predicted octanol–water partition coefficient (Wildman–Crippen LogP) is 23.6. The fraction of sp³-hybridized carbons (Fsp3) is 0.944. The van der Waals surface area contributed by atoms with Crippen LogP contribution in [0.2, 0.25) is 0 Å². The molecule has 0 aliphatic heterocycles. The number of hydrogen-bond acceptors (Lipinski definition) is 4. The lowest BCUT2D eigenvalue weighted by molar-refractivity contribution is -0.971. The van der Waals surface area contributed by atoms with E-state index in [0.29, 0.717) is 25.7 Å². The van der Waals surface area contributed by atoms with Crippen LogP contribution in [0.5, 0.6) is 0 Å². The van der Waals surface area contributed by atoms with Crippen molar-refractivity contribution in [3.8, 4) is 0 Å². The van der Waals surface area contributed by atoms with Crippen molar-refractivity contribution < 1.29 is 23.7 Å². The minimum atomic E-state index is -1.15. The lowest BCUT2D eigenvalue weighted by Gasteiger charge is -2.54. The summed E-state index contributed by atoms with van der Waals surface area (Å²) in [7, 11) is 2.04. The summed E-state index contributed by atoms with van der Waals surface area (Å²) in [5.41, 5.74) is -1.15. The second kappa shape index (κ2) is 55.2. The Morgan fingerprint density at radius 3 is 0.714 bits per heavy atom. The number of Topliss-reactive ketones (excluding diaryl/α,β-unsaturated/α-hetero) is 4. The molecule has 0 fully saturated rings. The molecule has 2 atom stereocenters. The molecule has 0 aliphatic carbocycles. The Hall–Kier alpha value is -1.36. The van der Waals surface area contributed by atoms with Crippen LogP contribution < -0.4 is 0 Å². The molecule has 77 heavy (non-hydrogen) atoms. The number of quaternary nitrogens is 1. The van der Waals surface area contributed by atoms with Gasteiger partial charge < -0.3 is 0 Å². The van der Waals surface area contributed by atoms with E-state index in [9.17, 15) is 14.4 Å². The highest BCUT2D eigenvalue weighted by Gasteiger charge is 2.59. The molecule has 456 valence electrons. The first-order valence-electron chi connectivity index (χ1n) is 35.4. The minimum Gasteiger partial charge on any atom is -0.299 e. The van der Waals surface area contributed by atoms with Crippen LogP contribution >= 0.6 is 0 Å². The van der Waals surface area contributed by atoms with Crippen molar-refractivity contribution in [2.45, 2.75) is 432 Å². The van der Waals surface area contributed by atoms with Crippen LogP contribution in [0.25, 0.3) is 0 Å². The van der Waals surface area contributed by atoms with Crippen LogP contribution in [0.4, 0.5) is 0 Å². The third-order valence-corrected chi connectivity index (χ3v) is 18.5. The fourth-order valence-corrected chi connectivity index (χ4v) is 12.8. The van der Waals surface area contributed by atoms with Gasteiger partial charge in [0.1, 0.15) is 5.78 Å². The molecule has 0 aromatic rings. The van der Waals surface area contributed by atoms with E-state index in [4.69, 9.17) is 0 Å². The van der Waals surface area contributed by atoms with E-state index in [-0.39, 0.29) is 40.1 Å². The molecule has 0 saturated heterocycles. The first kappa shape index (κ1) is 75.6. The Morgan fingerprint density at radius 1 is 0.299 bits per heavy atom. The zero-order valence-corrected chi connectivity index (χ0v) is 54.0. The molecule has 0 rings (SSSR count). The lowest BCUT2D eigenvalue weighted by Crippen LogP contribution is -2.75. The quantitative estimate of drug-likeness (QED) is 0.0346. The van der Waals surface area contributed by atoms with Crippen molar-refractivity contribution >= 4 is 23.1 Å². The Labute approximate surface area is 483 Å². The van der Waals surface area contributed by atoms with Gasteiger partial charge in [-0.15, -0.1) is 0 Å². The molecule has 0 spiro atoms. The largest absolute Gasteiger partial charge is 0.299 e. The van der Waals surface area contributed by atoms with Gasteiger partial charge >= 0.3 is 0 Å². The first-order valence-corrected chi connectivity index (χ1v) is 35.4. The molecule has 0 aromatic carbocycles. The zero-order chi connectivity index (χ0) is 56.8. The number of ketones is 4. The van der Waals surface area contributed by atoms with Gasteiger partial charge in [-0.2, -0.15) is 0 Å². The van der Waals surface area contributed by atoms with E-state index in [1.165, 1.54) is 257 Å². The molecule has 0 aliphatic rings. The van der Waals surface area contributed by atoms with E-state index in [2.05, 4.69) is 41.5 Å². The van der Waals surface area contributed by atoms with Gasteiger partial charge in [0.2, 0.25) is 6.04 Å². The first-order chi connectivity index (χ1) is 37.5. The number of hydrogen-bond donors (Lipinski definition) is 0. The smallest absolute Gasteiger partial charge is 0.208 e. The molecular formula is C72H140NO4+. The topological polar surface area (TPSA) is 68.3 Å². The van der Waals surface area contributed by atoms with E-state index in [1.807, 2.05) is 14.0 Å². The Balaban J connectivity index is 6.04. The van der Waals surface area contributed by atoms with Crippen LogP contribution in [0.15, 0.2) is 0 Å². The second-order valence-electron chi connectivity index (χ2n) is 26.0. The molecule has 0 aromatic heterocycles. The van der Waals surface area contributed by atoms with Crippen LogP contribution in [0, 0.1) is 0 Å². The highest BCUT2D eigenvalue weighted by atomic mass is 16.2.